The Morgan fingerprint density at radius 2 is 2.12 bits per heavy atom. The van der Waals surface area contributed by atoms with E-state index in [2.05, 4.69) is 5.92 Å². The third-order valence-corrected chi connectivity index (χ3v) is 1.06. The average molecular weight is 116 g/mol. The predicted octanol–water partition coefficient (Wildman–Crippen LogP) is 1.81. The summed E-state index contributed by atoms with van der Waals surface area (Å²) in [6.07, 6.45) is 1.12. The lowest BCUT2D eigenvalue weighted by Crippen LogP contribution is -2.14. The Balaban J connectivity index is 2.65. The van der Waals surface area contributed by atoms with Gasteiger partial charge in [-0.2, -0.15) is 8.78 Å². The maximum absolute atomic E-state index is 12.0. The molecule has 44 valence electrons. The van der Waals surface area contributed by atoms with Gasteiger partial charge in [0.15, 0.2) is 0 Å². The third-order valence-electron chi connectivity index (χ3n) is 1.06. The molecule has 0 N–H and O–H groups in total. The van der Waals surface area contributed by atoms with E-state index in [0.29, 0.717) is 12.8 Å². The summed E-state index contributed by atoms with van der Waals surface area (Å²) in [6.45, 7) is 0. The molecule has 0 spiro atoms. The zero-order valence-corrected chi connectivity index (χ0v) is 4.38. The van der Waals surface area contributed by atoms with Crippen molar-refractivity contribution in [3.63, 3.8) is 0 Å². The highest BCUT2D eigenvalue weighted by atomic mass is 19.3. The largest absolute Gasteiger partial charge is 0.308 e. The molecule has 0 nitrogen and oxygen atoms in total. The smallest absolute Gasteiger partial charge is 0.192 e. The zero-order chi connectivity index (χ0) is 6.04. The van der Waals surface area contributed by atoms with Crippen LogP contribution in [0.15, 0.2) is 0 Å². The quantitative estimate of drug-likeness (QED) is 0.423. The van der Waals surface area contributed by atoms with Crippen molar-refractivity contribution in [1.82, 2.24) is 0 Å². The molecule has 0 saturated heterocycles. The van der Waals surface area contributed by atoms with E-state index in [-0.39, 0.29) is 6.42 Å². The minimum Gasteiger partial charge on any atom is -0.192 e. The molecule has 0 bridgehead atoms. The van der Waals surface area contributed by atoms with Gasteiger partial charge < -0.3 is 0 Å². The fourth-order valence-corrected chi connectivity index (χ4v) is 0.653. The number of hydrogen-bond donors (Lipinski definition) is 0. The van der Waals surface area contributed by atoms with E-state index in [0.717, 1.165) is 0 Å². The van der Waals surface area contributed by atoms with Crippen molar-refractivity contribution in [1.29, 1.82) is 0 Å². The van der Waals surface area contributed by atoms with Gasteiger partial charge in [-0.1, -0.05) is 5.92 Å². The van der Waals surface area contributed by atoms with Gasteiger partial charge in [-0.25, -0.2) is 0 Å². The van der Waals surface area contributed by atoms with Crippen LogP contribution in [0.2, 0.25) is 0 Å². The second-order valence-electron chi connectivity index (χ2n) is 1.86. The van der Waals surface area contributed by atoms with Crippen LogP contribution < -0.4 is 0 Å². The van der Waals surface area contributed by atoms with E-state index in [1.54, 1.807) is 0 Å². The first kappa shape index (κ1) is 5.55. The van der Waals surface area contributed by atoms with Crippen molar-refractivity contribution < 1.29 is 8.78 Å². The molecule has 0 fully saturated rings. The van der Waals surface area contributed by atoms with E-state index < -0.39 is 5.92 Å². The molecule has 0 aromatic rings. The summed E-state index contributed by atoms with van der Waals surface area (Å²) in [5.74, 6) is 1.57. The van der Waals surface area contributed by atoms with Gasteiger partial charge >= 0.3 is 5.92 Å². The van der Waals surface area contributed by atoms with E-state index in [1.165, 1.54) is 0 Å². The van der Waals surface area contributed by atoms with E-state index in [9.17, 15) is 8.78 Å². The molecule has 0 amide bonds. The van der Waals surface area contributed by atoms with Crippen LogP contribution in [0.25, 0.3) is 0 Å². The number of halogens is 2. The molecule has 2 heteroatoms. The molecule has 0 aromatic heterocycles. The number of hydrogen-bond acceptors (Lipinski definition) is 0. The van der Waals surface area contributed by atoms with E-state index in [4.69, 9.17) is 0 Å². The molecule has 0 aliphatic heterocycles. The molecule has 8 heavy (non-hydrogen) atoms. The van der Waals surface area contributed by atoms with Gasteiger partial charge in [-0.05, 0) is 12.3 Å². The van der Waals surface area contributed by atoms with E-state index >= 15 is 0 Å². The van der Waals surface area contributed by atoms with Gasteiger partial charge in [0, 0.05) is 12.8 Å². The van der Waals surface area contributed by atoms with Crippen LogP contribution in [0.4, 0.5) is 8.78 Å². The van der Waals surface area contributed by atoms with Crippen molar-refractivity contribution in [2.45, 2.75) is 25.2 Å². The standard InChI is InChI=1S/C6H6F2/c7-6(8)4-2-1-3-5-6/h1-2,4H2. The van der Waals surface area contributed by atoms with Crippen LogP contribution >= 0.6 is 0 Å². The monoisotopic (exact) mass is 116 g/mol. The van der Waals surface area contributed by atoms with Crippen LogP contribution in [0.5, 0.6) is 0 Å². The van der Waals surface area contributed by atoms with Gasteiger partial charge in [0.2, 0.25) is 0 Å². The number of rotatable bonds is 0. The first-order valence-electron chi connectivity index (χ1n) is 2.59. The fourth-order valence-electron chi connectivity index (χ4n) is 0.653. The topological polar surface area (TPSA) is 0 Å². The summed E-state index contributed by atoms with van der Waals surface area (Å²) >= 11 is 0. The molecule has 0 heterocycles. The van der Waals surface area contributed by atoms with Crippen molar-refractivity contribution in [2.75, 3.05) is 0 Å². The molecule has 0 radical (unpaired) electrons. The molecule has 0 aromatic carbocycles. The minimum absolute atomic E-state index is 0.0556. The maximum Gasteiger partial charge on any atom is 0.308 e. The molecule has 1 aliphatic carbocycles. The molecular formula is C6H6F2. The van der Waals surface area contributed by atoms with Crippen molar-refractivity contribution in [2.24, 2.45) is 0 Å². The van der Waals surface area contributed by atoms with Gasteiger partial charge in [0.1, 0.15) is 0 Å². The molecule has 0 unspecified atom stereocenters. The highest BCUT2D eigenvalue weighted by molar-refractivity contribution is 5.12. The molecule has 0 saturated carbocycles. The van der Waals surface area contributed by atoms with Crippen molar-refractivity contribution in [3.8, 4) is 11.8 Å². The van der Waals surface area contributed by atoms with E-state index in [1.807, 2.05) is 5.92 Å². The highest BCUT2D eigenvalue weighted by Gasteiger charge is 2.26. The summed E-state index contributed by atoms with van der Waals surface area (Å²) in [4.78, 5) is 0. The van der Waals surface area contributed by atoms with Crippen LogP contribution in [0.1, 0.15) is 19.3 Å². The summed E-state index contributed by atoms with van der Waals surface area (Å²) in [5, 5.41) is 0. The summed E-state index contributed by atoms with van der Waals surface area (Å²) in [7, 11) is 0. The fraction of sp³-hybridized carbons (Fsp3) is 0.667. The lowest BCUT2D eigenvalue weighted by atomic mass is 10.1. The van der Waals surface area contributed by atoms with Gasteiger partial charge in [-0.3, -0.25) is 0 Å². The summed E-state index contributed by atoms with van der Waals surface area (Å²) in [6, 6.07) is 0. The van der Waals surface area contributed by atoms with Gasteiger partial charge in [0.05, 0.1) is 0 Å². The van der Waals surface area contributed by atoms with Crippen LogP contribution in [-0.2, 0) is 0 Å². The van der Waals surface area contributed by atoms with Crippen LogP contribution in [0, 0.1) is 11.8 Å². The Kier molecular flexibility index (Phi) is 1.21. The first-order valence-corrected chi connectivity index (χ1v) is 2.59. The van der Waals surface area contributed by atoms with Crippen LogP contribution in [0.3, 0.4) is 0 Å². The normalized spacial score (nSPS) is 23.8. The second-order valence-corrected chi connectivity index (χ2v) is 1.86. The zero-order valence-electron chi connectivity index (χ0n) is 4.38. The SMILES string of the molecule is FC1(F)C#CCCC1. The summed E-state index contributed by atoms with van der Waals surface area (Å²) in [5.41, 5.74) is 0. The lowest BCUT2D eigenvalue weighted by Gasteiger charge is -2.09. The summed E-state index contributed by atoms with van der Waals surface area (Å²) < 4.78 is 24.1. The predicted molar refractivity (Wildman–Crippen MR) is 26.6 cm³/mol. The van der Waals surface area contributed by atoms with Crippen molar-refractivity contribution >= 4 is 0 Å². The minimum atomic E-state index is -2.68. The molecule has 0 atom stereocenters. The Morgan fingerprint density at radius 3 is 2.38 bits per heavy atom. The Morgan fingerprint density at radius 1 is 1.38 bits per heavy atom. The molecule has 1 aliphatic rings. The molecular weight excluding hydrogens is 110 g/mol. The van der Waals surface area contributed by atoms with Gasteiger partial charge in [0.25, 0.3) is 0 Å². The Hall–Kier alpha value is -0.580. The third kappa shape index (κ3) is 1.19. The van der Waals surface area contributed by atoms with Gasteiger partial charge in [-0.15, -0.1) is 0 Å². The lowest BCUT2D eigenvalue weighted by molar-refractivity contribution is 0.0519. The van der Waals surface area contributed by atoms with Crippen LogP contribution in [-0.4, -0.2) is 5.92 Å². The number of alkyl halides is 2. The average Bonchev–Trinajstić information content (AvgIpc) is 1.65. The highest BCUT2D eigenvalue weighted by Crippen LogP contribution is 2.22. The second kappa shape index (κ2) is 1.74. The maximum atomic E-state index is 12.0. The molecule has 1 rings (SSSR count). The Bertz CT molecular complexity index is 138. The Labute approximate surface area is 46.9 Å². The first-order chi connectivity index (χ1) is 3.71. The van der Waals surface area contributed by atoms with Crippen molar-refractivity contribution in [3.05, 3.63) is 0 Å².